The molecule has 3 heterocycles. The maximum absolute atomic E-state index is 13.0. The van der Waals surface area contributed by atoms with Gasteiger partial charge in [-0.25, -0.2) is 4.98 Å². The third-order valence-electron chi connectivity index (χ3n) is 5.06. The number of pyridine rings is 1. The Hall–Kier alpha value is -2.98. The van der Waals surface area contributed by atoms with E-state index in [9.17, 15) is 18.0 Å². The van der Waals surface area contributed by atoms with Gasteiger partial charge < -0.3 is 10.5 Å². The van der Waals surface area contributed by atoms with Crippen molar-refractivity contribution in [1.82, 2.24) is 19.7 Å². The van der Waals surface area contributed by atoms with Gasteiger partial charge in [0.05, 0.1) is 18.3 Å². The van der Waals surface area contributed by atoms with Gasteiger partial charge in [-0.05, 0) is 23.3 Å². The molecule has 10 heteroatoms. The van der Waals surface area contributed by atoms with Crippen LogP contribution >= 0.6 is 0 Å². The second kappa shape index (κ2) is 7.69. The molecule has 2 N–H and O–H groups in total. The fraction of sp³-hybridized carbons (Fsp3) is 0.350. The highest BCUT2D eigenvalue weighted by molar-refractivity contribution is 6.00. The van der Waals surface area contributed by atoms with Crippen LogP contribution < -0.4 is 5.73 Å². The number of halogens is 3. The topological polar surface area (TPSA) is 86.3 Å². The summed E-state index contributed by atoms with van der Waals surface area (Å²) in [6.45, 7) is 0.515. The first-order chi connectivity index (χ1) is 14.2. The number of nitrogens with zero attached hydrogens (tertiary/aromatic N) is 4. The van der Waals surface area contributed by atoms with Gasteiger partial charge in [-0.1, -0.05) is 12.1 Å². The van der Waals surface area contributed by atoms with Crippen LogP contribution in [0.4, 0.5) is 13.2 Å². The van der Waals surface area contributed by atoms with Crippen molar-refractivity contribution in [2.24, 2.45) is 12.8 Å². The highest BCUT2D eigenvalue weighted by Crippen LogP contribution is 2.30. The quantitative estimate of drug-likeness (QED) is 0.702. The van der Waals surface area contributed by atoms with Crippen molar-refractivity contribution < 1.29 is 22.7 Å². The van der Waals surface area contributed by atoms with E-state index in [0.717, 1.165) is 22.1 Å². The zero-order valence-corrected chi connectivity index (χ0v) is 16.2. The fourth-order valence-corrected chi connectivity index (χ4v) is 3.60. The van der Waals surface area contributed by atoms with Crippen molar-refractivity contribution in [2.45, 2.75) is 18.8 Å². The van der Waals surface area contributed by atoms with Gasteiger partial charge in [0.25, 0.3) is 5.91 Å². The predicted molar refractivity (Wildman–Crippen MR) is 104 cm³/mol. The Bertz CT molecular complexity index is 1100. The number of carbonyl (C=O) groups is 1. The van der Waals surface area contributed by atoms with Crippen LogP contribution in [0.1, 0.15) is 16.1 Å². The number of alkyl halides is 3. The number of carbonyl (C=O) groups excluding carboxylic acids is 1. The van der Waals surface area contributed by atoms with Crippen molar-refractivity contribution in [3.8, 4) is 11.1 Å². The lowest BCUT2D eigenvalue weighted by Crippen LogP contribution is -2.48. The first-order valence-electron chi connectivity index (χ1n) is 9.34. The summed E-state index contributed by atoms with van der Waals surface area (Å²) in [6.07, 6.45) is -2.68. The maximum atomic E-state index is 13.0. The molecule has 158 valence electrons. The van der Waals surface area contributed by atoms with Gasteiger partial charge >= 0.3 is 6.18 Å². The second-order valence-electron chi connectivity index (χ2n) is 7.31. The number of hydrogen-bond donors (Lipinski definition) is 1. The van der Waals surface area contributed by atoms with Gasteiger partial charge in [0.15, 0.2) is 6.10 Å². The first-order valence-corrected chi connectivity index (χ1v) is 9.34. The van der Waals surface area contributed by atoms with E-state index in [4.69, 9.17) is 10.5 Å². The monoisotopic (exact) mass is 419 g/mol. The minimum absolute atomic E-state index is 0.0208. The van der Waals surface area contributed by atoms with E-state index in [2.05, 4.69) is 10.1 Å². The Kier molecular flexibility index (Phi) is 5.20. The average molecular weight is 419 g/mol. The molecule has 0 spiro atoms. The van der Waals surface area contributed by atoms with E-state index in [1.165, 1.54) is 0 Å². The van der Waals surface area contributed by atoms with E-state index in [-0.39, 0.29) is 18.8 Å². The number of amides is 1. The Balaban J connectivity index is 1.67. The summed E-state index contributed by atoms with van der Waals surface area (Å²) in [6, 6.07) is 7.11. The zero-order valence-electron chi connectivity index (χ0n) is 16.2. The molecule has 1 atom stereocenters. The number of hydrogen-bond acceptors (Lipinski definition) is 5. The van der Waals surface area contributed by atoms with Gasteiger partial charge in [-0.3, -0.25) is 14.4 Å². The number of ether oxygens (including phenoxy) is 1. The molecule has 0 aliphatic carbocycles. The molecule has 1 aliphatic rings. The molecule has 2 aromatic heterocycles. The Morgan fingerprint density at radius 3 is 2.80 bits per heavy atom. The first kappa shape index (κ1) is 20.3. The number of fused-ring (bicyclic) bond motifs is 1. The summed E-state index contributed by atoms with van der Waals surface area (Å²) >= 11 is 0. The maximum Gasteiger partial charge on any atom is 0.415 e. The van der Waals surface area contributed by atoms with Gasteiger partial charge in [0, 0.05) is 43.8 Å². The summed E-state index contributed by atoms with van der Waals surface area (Å²) in [5, 5.41) is 4.96. The Morgan fingerprint density at radius 2 is 2.13 bits per heavy atom. The molecule has 1 fully saturated rings. The van der Waals surface area contributed by atoms with Crippen LogP contribution in [0.5, 0.6) is 0 Å². The Labute approximate surface area is 170 Å². The van der Waals surface area contributed by atoms with Crippen molar-refractivity contribution in [3.05, 3.63) is 47.9 Å². The smallest absolute Gasteiger partial charge is 0.366 e. The number of aromatic nitrogens is 3. The molecular formula is C20H20F3N5O2. The number of morpholine rings is 1. The molecule has 7 nitrogen and oxygen atoms in total. The SMILES string of the molecule is Cn1cc(-c2cc(C(N)=O)nc3cc(CN4CCOC(C(F)(F)F)C4)ccc23)cn1. The second-order valence-corrected chi connectivity index (χ2v) is 7.31. The van der Waals surface area contributed by atoms with Crippen molar-refractivity contribution in [1.29, 1.82) is 0 Å². The van der Waals surface area contributed by atoms with Gasteiger partial charge in [0.1, 0.15) is 5.69 Å². The number of nitrogens with two attached hydrogens (primary N) is 1. The number of rotatable bonds is 4. The van der Waals surface area contributed by atoms with Gasteiger partial charge in [-0.2, -0.15) is 18.3 Å². The molecule has 1 aliphatic heterocycles. The molecule has 1 unspecified atom stereocenters. The van der Waals surface area contributed by atoms with E-state index >= 15 is 0 Å². The minimum atomic E-state index is -4.39. The Morgan fingerprint density at radius 1 is 1.33 bits per heavy atom. The highest BCUT2D eigenvalue weighted by atomic mass is 19.4. The van der Waals surface area contributed by atoms with Gasteiger partial charge in [-0.15, -0.1) is 0 Å². The zero-order chi connectivity index (χ0) is 21.5. The normalized spacial score (nSPS) is 18.1. The molecular weight excluding hydrogens is 399 g/mol. The summed E-state index contributed by atoms with van der Waals surface area (Å²) in [7, 11) is 1.79. The van der Waals surface area contributed by atoms with Crippen LogP contribution in [0.2, 0.25) is 0 Å². The van der Waals surface area contributed by atoms with Crippen LogP contribution in [-0.2, 0) is 18.3 Å². The minimum Gasteiger partial charge on any atom is -0.366 e. The summed E-state index contributed by atoms with van der Waals surface area (Å²) in [5.41, 5.74) is 8.46. The lowest BCUT2D eigenvalue weighted by atomic mass is 10.0. The predicted octanol–water partition coefficient (Wildman–Crippen LogP) is 2.50. The summed E-state index contributed by atoms with van der Waals surface area (Å²) < 4.78 is 45.4. The van der Waals surface area contributed by atoms with Gasteiger partial charge in [0.2, 0.25) is 0 Å². The summed E-state index contributed by atoms with van der Waals surface area (Å²) in [4.78, 5) is 17.8. The number of aryl methyl sites for hydroxylation is 1. The van der Waals surface area contributed by atoms with Crippen LogP contribution in [0.15, 0.2) is 36.7 Å². The lowest BCUT2D eigenvalue weighted by Gasteiger charge is -2.33. The van der Waals surface area contributed by atoms with E-state index < -0.39 is 18.2 Å². The molecule has 3 aromatic rings. The largest absolute Gasteiger partial charge is 0.415 e. The third kappa shape index (κ3) is 4.14. The molecule has 0 saturated carbocycles. The van der Waals surface area contributed by atoms with Crippen LogP contribution in [-0.4, -0.2) is 57.5 Å². The van der Waals surface area contributed by atoms with E-state index in [1.807, 2.05) is 18.3 Å². The van der Waals surface area contributed by atoms with Crippen molar-refractivity contribution >= 4 is 16.8 Å². The van der Waals surface area contributed by atoms with Crippen LogP contribution in [0.3, 0.4) is 0 Å². The van der Waals surface area contributed by atoms with E-state index in [0.29, 0.717) is 18.6 Å². The third-order valence-corrected chi connectivity index (χ3v) is 5.06. The summed E-state index contributed by atoms with van der Waals surface area (Å²) in [5.74, 6) is -0.659. The average Bonchev–Trinajstić information content (AvgIpc) is 3.12. The van der Waals surface area contributed by atoms with E-state index in [1.54, 1.807) is 35.0 Å². The molecule has 4 rings (SSSR count). The molecule has 0 radical (unpaired) electrons. The van der Waals surface area contributed by atoms with Crippen molar-refractivity contribution in [3.63, 3.8) is 0 Å². The molecule has 1 aromatic carbocycles. The van der Waals surface area contributed by atoms with Crippen molar-refractivity contribution in [2.75, 3.05) is 19.7 Å². The lowest BCUT2D eigenvalue weighted by molar-refractivity contribution is -0.237. The number of benzene rings is 1. The molecule has 1 saturated heterocycles. The molecule has 1 amide bonds. The van der Waals surface area contributed by atoms with Crippen LogP contribution in [0, 0.1) is 0 Å². The fourth-order valence-electron chi connectivity index (χ4n) is 3.60. The highest BCUT2D eigenvalue weighted by Gasteiger charge is 2.43. The van der Waals surface area contributed by atoms with Crippen LogP contribution in [0.25, 0.3) is 22.0 Å². The number of primary amides is 1. The molecule has 30 heavy (non-hydrogen) atoms. The standard InChI is InChI=1S/C20H20F3N5O2/c1-27-10-13(8-25-27)15-7-17(19(24)29)26-16-6-12(2-3-14(15)16)9-28-4-5-30-18(11-28)20(21,22)23/h2-3,6-8,10,18H,4-5,9,11H2,1H3,(H2,24,29). The molecule has 0 bridgehead atoms.